The summed E-state index contributed by atoms with van der Waals surface area (Å²) < 4.78 is 47.4. The van der Waals surface area contributed by atoms with Gasteiger partial charge in [-0.25, -0.2) is 4.79 Å². The lowest BCUT2D eigenvalue weighted by Crippen LogP contribution is -2.64. The maximum Gasteiger partial charge on any atom is 0.329 e. The number of ketones is 3. The molecule has 4 fully saturated rings. The third-order valence-electron chi connectivity index (χ3n) is 17.7. The van der Waals surface area contributed by atoms with E-state index < -0.39 is 89.7 Å². The summed E-state index contributed by atoms with van der Waals surface area (Å²) in [5, 5.41) is 34.9. The van der Waals surface area contributed by atoms with Gasteiger partial charge in [-0.3, -0.25) is 24.2 Å². The number of allylic oxidation sites excluding steroid dienone is 4. The Morgan fingerprint density at radius 1 is 0.855 bits per heavy atom. The number of benzene rings is 1. The fraction of sp³-hybridized carbons (Fsp3) is 0.651. The van der Waals surface area contributed by atoms with E-state index in [2.05, 4.69) is 11.6 Å². The first kappa shape index (κ1) is 65.8. The lowest BCUT2D eigenvalue weighted by molar-refractivity contribution is -0.302. The molecule has 2 aliphatic carbocycles. The Hall–Kier alpha value is -4.76. The van der Waals surface area contributed by atoms with Gasteiger partial charge < -0.3 is 58.1 Å². The van der Waals surface area contributed by atoms with Gasteiger partial charge in [0.1, 0.15) is 24.0 Å². The number of aromatic nitrogens is 1. The monoisotopic (exact) mass is 1200 g/mol. The molecule has 83 heavy (non-hydrogen) atoms. The number of rotatable bonds is 11. The van der Waals surface area contributed by atoms with Gasteiger partial charge in [0, 0.05) is 89.3 Å². The summed E-state index contributed by atoms with van der Waals surface area (Å²) in [5.74, 6) is -7.11. The molecule has 1 spiro atoms. The lowest BCUT2D eigenvalue weighted by Gasteiger charge is -2.47. The molecule has 3 N–H and O–H groups in total. The average Bonchev–Trinajstić information content (AvgIpc) is 2.73. The third-order valence-corrected chi connectivity index (χ3v) is 18.4. The summed E-state index contributed by atoms with van der Waals surface area (Å²) in [4.78, 5) is 74.7. The number of cyclic esters (lactones) is 1. The van der Waals surface area contributed by atoms with Gasteiger partial charge in [-0.15, -0.1) is 6.58 Å². The molecule has 2 aromatic rings. The number of ether oxygens (including phenoxy) is 8. The lowest BCUT2D eigenvalue weighted by atomic mass is 9.81. The van der Waals surface area contributed by atoms with Crippen molar-refractivity contribution in [2.24, 2.45) is 29.6 Å². The molecule has 2 bridgehead atoms. The van der Waals surface area contributed by atoms with E-state index in [-0.39, 0.29) is 61.7 Å². The molecular weight excluding hydrogens is 1110 g/mol. The Labute approximate surface area is 498 Å². The highest BCUT2D eigenvalue weighted by Gasteiger charge is 2.57. The van der Waals surface area contributed by atoms with Crippen LogP contribution < -0.4 is 14.2 Å². The fourth-order valence-electron chi connectivity index (χ4n) is 12.9. The van der Waals surface area contributed by atoms with E-state index in [4.69, 9.17) is 61.1 Å². The minimum absolute atomic E-state index is 0.00988. The van der Waals surface area contributed by atoms with Gasteiger partial charge in [0.25, 0.3) is 17.5 Å². The molecule has 6 aliphatic rings. The zero-order chi connectivity index (χ0) is 60.5. The Balaban J connectivity index is 0.000000313. The number of nitrogens with zero attached hydrogens (tertiary/aromatic N) is 2. The summed E-state index contributed by atoms with van der Waals surface area (Å²) in [5.41, 5.74) is 2.60. The van der Waals surface area contributed by atoms with Crippen LogP contribution >= 0.6 is 23.2 Å². The van der Waals surface area contributed by atoms with Crippen molar-refractivity contribution >= 4 is 52.4 Å². The van der Waals surface area contributed by atoms with E-state index in [1.165, 1.54) is 31.5 Å². The van der Waals surface area contributed by atoms with Crippen LogP contribution in [-0.4, -0.2) is 150 Å². The van der Waals surface area contributed by atoms with E-state index in [0.29, 0.717) is 95.4 Å². The van der Waals surface area contributed by atoms with Crippen molar-refractivity contribution in [3.63, 3.8) is 0 Å². The standard InChI is InChI=1S/C44H69NO12.C19H17Cl2NO4/c1-10-13-31-19-25(2)18-26(3)20-37(54-8)40-38(55-9)22-28(5)44(52,57-40)41(49)42(50)45-17-12-11-14-32(45)43(51)56-39(29(6)34(47)24-35(31)48)27(4)21-30-15-16-33(46)36(23-30)53-7;1-24-16-5-4-11(15(23)8-12-13(20)9-22-10-14(12)21)17-18(16)26-19(25-17)6-2-3-7-19/h10,19,21,26,28-34,36-40,46-47,52H,1,11-18,20,22-24H2,2-9H3;4-5,9-10H,2-3,6-8H2,1H3/b25-19+,27-21+;/t26-,28+,29+,30-,31+,32-,33+,34-,36+,37-,38-,39+,40+,44+;/m0./s1. The number of amides is 1. The summed E-state index contributed by atoms with van der Waals surface area (Å²) in [6.07, 6.45) is 11.6. The number of hydrogen-bond acceptors (Lipinski definition) is 17. The van der Waals surface area contributed by atoms with Crippen molar-refractivity contribution in [2.75, 3.05) is 35.0 Å². The summed E-state index contributed by atoms with van der Waals surface area (Å²) in [6.45, 7) is 13.1. The molecule has 8 rings (SSSR count). The van der Waals surface area contributed by atoms with E-state index in [0.717, 1.165) is 31.3 Å². The van der Waals surface area contributed by atoms with Gasteiger partial charge in [0.05, 0.1) is 53.2 Å². The topological polar surface area (TPSA) is 236 Å². The van der Waals surface area contributed by atoms with Gasteiger partial charge >= 0.3 is 5.97 Å². The van der Waals surface area contributed by atoms with E-state index in [9.17, 15) is 39.3 Å². The molecule has 1 aromatic heterocycles. The summed E-state index contributed by atoms with van der Waals surface area (Å²) >= 11 is 12.3. The molecule has 0 radical (unpaired) electrons. The number of esters is 1. The number of aliphatic hydroxyl groups is 3. The molecule has 2 saturated carbocycles. The van der Waals surface area contributed by atoms with Gasteiger partial charge in [-0.2, -0.15) is 0 Å². The number of pyridine rings is 1. The van der Waals surface area contributed by atoms with E-state index in [1.807, 2.05) is 32.9 Å². The first-order chi connectivity index (χ1) is 39.5. The first-order valence-corrected chi connectivity index (χ1v) is 30.1. The molecule has 1 aromatic carbocycles. The predicted molar refractivity (Wildman–Crippen MR) is 310 cm³/mol. The zero-order valence-electron chi connectivity index (χ0n) is 49.6. The molecule has 0 unspecified atom stereocenters. The van der Waals surface area contributed by atoms with Crippen LogP contribution in [0.15, 0.2) is 60.5 Å². The number of piperidine rings is 1. The van der Waals surface area contributed by atoms with Gasteiger partial charge in [-0.1, -0.05) is 67.8 Å². The number of carbonyl (C=O) groups excluding carboxylic acids is 5. The minimum atomic E-state index is -2.51. The number of carbonyl (C=O) groups is 5. The third kappa shape index (κ3) is 15.3. The average molecular weight is 1200 g/mol. The molecule has 1 amide bonds. The Morgan fingerprint density at radius 2 is 1.52 bits per heavy atom. The molecular formula is C63H86Cl2N2O16. The second kappa shape index (κ2) is 29.1. The van der Waals surface area contributed by atoms with Gasteiger partial charge in [0.15, 0.2) is 17.3 Å². The van der Waals surface area contributed by atoms with E-state index >= 15 is 0 Å². The van der Waals surface area contributed by atoms with Gasteiger partial charge in [0.2, 0.25) is 11.5 Å². The number of halogens is 2. The van der Waals surface area contributed by atoms with E-state index in [1.54, 1.807) is 46.3 Å². The van der Waals surface area contributed by atoms with Crippen LogP contribution in [0, 0.1) is 29.6 Å². The summed E-state index contributed by atoms with van der Waals surface area (Å²) in [6, 6.07) is 2.27. The van der Waals surface area contributed by atoms with Crippen molar-refractivity contribution in [2.45, 2.75) is 198 Å². The van der Waals surface area contributed by atoms with Crippen LogP contribution in [0.5, 0.6) is 17.2 Å². The zero-order valence-corrected chi connectivity index (χ0v) is 51.1. The van der Waals surface area contributed by atoms with Crippen molar-refractivity contribution < 1.29 is 77.2 Å². The number of hydrogen-bond donors (Lipinski definition) is 3. The highest BCUT2D eigenvalue weighted by atomic mass is 35.5. The second-order valence-corrected chi connectivity index (χ2v) is 24.6. The number of aliphatic hydroxyl groups excluding tert-OH is 2. The molecule has 2 saturated heterocycles. The van der Waals surface area contributed by atoms with Crippen molar-refractivity contribution in [3.05, 3.63) is 81.7 Å². The summed E-state index contributed by atoms with van der Waals surface area (Å²) in [7, 11) is 6.18. The molecule has 5 heterocycles. The first-order valence-electron chi connectivity index (χ1n) is 29.3. The Morgan fingerprint density at radius 3 is 2.17 bits per heavy atom. The van der Waals surface area contributed by atoms with Crippen molar-refractivity contribution in [1.82, 2.24) is 9.88 Å². The maximum absolute atomic E-state index is 14.3. The normalized spacial score (nSPS) is 33.4. The van der Waals surface area contributed by atoms with Crippen LogP contribution in [0.2, 0.25) is 10.0 Å². The molecule has 18 nitrogen and oxygen atoms in total. The smallest absolute Gasteiger partial charge is 0.329 e. The molecule has 458 valence electrons. The van der Waals surface area contributed by atoms with Gasteiger partial charge in [-0.05, 0) is 120 Å². The molecule has 14 atom stereocenters. The second-order valence-electron chi connectivity index (χ2n) is 23.7. The fourth-order valence-corrected chi connectivity index (χ4v) is 13.4. The minimum Gasteiger partial charge on any atom is -0.493 e. The Kier molecular flexibility index (Phi) is 23.1. The quantitative estimate of drug-likeness (QED) is 0.0822. The number of Topliss-reactive ketones (excluding diaryl/α,β-unsaturated/α-hetero) is 3. The molecule has 4 aliphatic heterocycles. The SMILES string of the molecule is C=CC[C@@H]1/C=C(\C)C[C@H](C)C[C@H](OC)[C@H]2O[C@@](O)(C(=O)C(=O)N3CCCC[C@H]3C(=O)O[C@H](/C(C)=C/[C@@H]3CC[C@@H](O)[C@H](OC)C3)[C@H](C)[C@@H](O)CC1=O)[C@H](C)C[C@@H]2OC.COc1ccc(C(=O)Cc2c(Cl)cncc2Cl)c2c1OC1(CCCC1)O2. The van der Waals surface area contributed by atoms with Crippen LogP contribution in [-0.2, 0) is 49.3 Å². The number of methoxy groups -OCH3 is 4. The molecule has 20 heteroatoms. The predicted octanol–water partition coefficient (Wildman–Crippen LogP) is 9.50. The van der Waals surface area contributed by atoms with Crippen LogP contribution in [0.3, 0.4) is 0 Å². The van der Waals surface area contributed by atoms with Crippen LogP contribution in [0.25, 0.3) is 0 Å². The van der Waals surface area contributed by atoms with Crippen LogP contribution in [0.1, 0.15) is 147 Å². The highest BCUT2D eigenvalue weighted by molar-refractivity contribution is 6.39. The van der Waals surface area contributed by atoms with Crippen molar-refractivity contribution in [3.8, 4) is 17.2 Å². The highest BCUT2D eigenvalue weighted by Crippen LogP contribution is 2.53. The largest absolute Gasteiger partial charge is 0.493 e. The maximum atomic E-state index is 14.3. The van der Waals surface area contributed by atoms with Crippen LogP contribution in [0.4, 0.5) is 0 Å². The Bertz CT molecular complexity index is 2690. The number of fused-ring (bicyclic) bond motifs is 4. The van der Waals surface area contributed by atoms with Crippen molar-refractivity contribution in [1.29, 1.82) is 0 Å².